The lowest BCUT2D eigenvalue weighted by Crippen LogP contribution is -2.61. The molecule has 2 amide bonds. The normalized spacial score (nSPS) is 26.9. The number of carbonyl (C=O) groups excluding carboxylic acids is 2. The van der Waals surface area contributed by atoms with Crippen LogP contribution in [0.4, 0.5) is 4.39 Å². The van der Waals surface area contributed by atoms with Gasteiger partial charge in [-0.15, -0.1) is 0 Å². The van der Waals surface area contributed by atoms with Gasteiger partial charge in [0.1, 0.15) is 17.6 Å². The molecular weight excluding hydrogens is 503 g/mol. The Morgan fingerprint density at radius 3 is 2.82 bits per heavy atom. The van der Waals surface area contributed by atoms with Gasteiger partial charge in [0.15, 0.2) is 12.3 Å². The summed E-state index contributed by atoms with van der Waals surface area (Å²) in [6.45, 7) is 5.73. The number of guanidine groups is 1. The van der Waals surface area contributed by atoms with Crippen LogP contribution in [0, 0.1) is 5.41 Å². The molecule has 5 atom stereocenters. The lowest BCUT2D eigenvalue weighted by molar-refractivity contribution is -0.132. The van der Waals surface area contributed by atoms with E-state index in [2.05, 4.69) is 10.6 Å². The first-order chi connectivity index (χ1) is 18.7. The van der Waals surface area contributed by atoms with Crippen LogP contribution in [-0.2, 0) is 9.53 Å². The predicted molar refractivity (Wildman–Crippen MR) is 143 cm³/mol. The lowest BCUT2D eigenvalue weighted by Gasteiger charge is -2.44. The van der Waals surface area contributed by atoms with E-state index in [0.29, 0.717) is 42.1 Å². The van der Waals surface area contributed by atoms with Gasteiger partial charge in [0, 0.05) is 35.1 Å². The molecule has 1 fully saturated rings. The van der Waals surface area contributed by atoms with Crippen LogP contribution in [0.3, 0.4) is 0 Å². The smallest absolute Gasteiger partial charge is 0.251 e. The number of hydrogen-bond donors (Lipinski definition) is 3. The largest absolute Gasteiger partial charge is 0.493 e. The predicted octanol–water partition coefficient (Wildman–Crippen LogP) is 4.39. The minimum Gasteiger partial charge on any atom is -0.493 e. The monoisotopic (exact) mass is 538 g/mol. The van der Waals surface area contributed by atoms with Crippen molar-refractivity contribution >= 4 is 17.8 Å². The molecule has 0 radical (unpaired) electrons. The first kappa shape index (κ1) is 26.9. The number of hydrogen-bond acceptors (Lipinski definition) is 6. The maximum Gasteiger partial charge on any atom is 0.251 e. The number of amides is 2. The van der Waals surface area contributed by atoms with Gasteiger partial charge in [-0.25, -0.2) is 4.39 Å². The standard InChI is InChI=1S/C29H35FN4O5/c1-4-29(3)15-26(35)34(28(31)33-29)23-11-12-37-24-10-9-18(13-21(23)24)27(36)32-22-14-19(16-38-17(2)30)39-25-8-6-5-7-20(22)25/h5-10,13,17,19,22-23H,4,11-12,14-16H2,1-3H3,(H2,31,33)(H,32,36)/t17?,19-,22-,23-,29-/m1/s1. The second-order valence-corrected chi connectivity index (χ2v) is 10.6. The van der Waals surface area contributed by atoms with Crippen LogP contribution in [0.1, 0.15) is 80.0 Å². The zero-order chi connectivity index (χ0) is 27.7. The molecule has 39 heavy (non-hydrogen) atoms. The fraction of sp³-hybridized carbons (Fsp3) is 0.483. The number of benzene rings is 2. The molecule has 0 saturated carbocycles. The summed E-state index contributed by atoms with van der Waals surface area (Å²) in [7, 11) is 0. The van der Waals surface area contributed by atoms with E-state index in [0.717, 1.165) is 12.0 Å². The van der Waals surface area contributed by atoms with Gasteiger partial charge in [-0.1, -0.05) is 25.1 Å². The zero-order valence-corrected chi connectivity index (χ0v) is 22.5. The Balaban J connectivity index is 1.37. The van der Waals surface area contributed by atoms with E-state index in [1.54, 1.807) is 18.2 Å². The number of nitrogens with zero attached hydrogens (tertiary/aromatic N) is 1. The SMILES string of the molecule is CC[C@]1(C)CC(=O)N([C@@H]2CCOc3ccc(C(=O)N[C@@H]4C[C@H](COC(C)F)Oc5ccccc54)cc32)C(=N)N1. The number of rotatable bonds is 7. The molecule has 3 aliphatic heterocycles. The second-order valence-electron chi connectivity index (χ2n) is 10.6. The van der Waals surface area contributed by atoms with Gasteiger partial charge in [0.2, 0.25) is 5.91 Å². The molecule has 3 heterocycles. The van der Waals surface area contributed by atoms with Crippen molar-refractivity contribution in [3.05, 3.63) is 59.2 Å². The third-order valence-corrected chi connectivity index (χ3v) is 7.75. The van der Waals surface area contributed by atoms with Crippen LogP contribution < -0.4 is 20.1 Å². The van der Waals surface area contributed by atoms with Crippen molar-refractivity contribution in [2.24, 2.45) is 0 Å². The topological polar surface area (TPSA) is 113 Å². The van der Waals surface area contributed by atoms with Gasteiger partial charge in [0.05, 0.1) is 31.7 Å². The second kappa shape index (κ2) is 10.8. The highest BCUT2D eigenvalue weighted by atomic mass is 19.1. The summed E-state index contributed by atoms with van der Waals surface area (Å²) in [4.78, 5) is 28.2. The van der Waals surface area contributed by atoms with Gasteiger partial charge in [-0.2, -0.15) is 0 Å². The van der Waals surface area contributed by atoms with Gasteiger partial charge < -0.3 is 24.8 Å². The molecule has 2 aromatic carbocycles. The number of nitrogens with one attached hydrogen (secondary N) is 3. The van der Waals surface area contributed by atoms with Gasteiger partial charge in [-0.3, -0.25) is 19.9 Å². The number of ether oxygens (including phenoxy) is 3. The fourth-order valence-electron chi connectivity index (χ4n) is 5.48. The van der Waals surface area contributed by atoms with Crippen LogP contribution in [0.5, 0.6) is 11.5 Å². The average molecular weight is 539 g/mol. The molecule has 0 aromatic heterocycles. The summed E-state index contributed by atoms with van der Waals surface area (Å²) in [5.41, 5.74) is 1.50. The maximum atomic E-state index is 13.5. The van der Waals surface area contributed by atoms with Gasteiger partial charge in [-0.05, 0) is 44.5 Å². The summed E-state index contributed by atoms with van der Waals surface area (Å²) in [6.07, 6.45) is 0.115. The fourth-order valence-corrected chi connectivity index (χ4v) is 5.48. The Hall–Kier alpha value is -3.66. The van der Waals surface area contributed by atoms with E-state index in [1.165, 1.54) is 11.8 Å². The number of fused-ring (bicyclic) bond motifs is 2. The van der Waals surface area contributed by atoms with Gasteiger partial charge in [0.25, 0.3) is 5.91 Å². The Bertz CT molecular complexity index is 1250. The van der Waals surface area contributed by atoms with Crippen LogP contribution in [-0.4, -0.2) is 53.9 Å². The molecule has 3 aliphatic rings. The number of carbonyl (C=O) groups is 2. The van der Waals surface area contributed by atoms with Crippen LogP contribution >= 0.6 is 0 Å². The molecule has 3 N–H and O–H groups in total. The Kier molecular flexibility index (Phi) is 7.48. The van der Waals surface area contributed by atoms with E-state index >= 15 is 0 Å². The van der Waals surface area contributed by atoms with Crippen molar-refractivity contribution in [3.63, 3.8) is 0 Å². The highest BCUT2D eigenvalue weighted by Gasteiger charge is 2.42. The molecule has 0 aliphatic carbocycles. The summed E-state index contributed by atoms with van der Waals surface area (Å²) in [6, 6.07) is 11.9. The van der Waals surface area contributed by atoms with Gasteiger partial charge >= 0.3 is 0 Å². The van der Waals surface area contributed by atoms with Crippen molar-refractivity contribution in [2.75, 3.05) is 13.2 Å². The molecule has 1 unspecified atom stereocenters. The lowest BCUT2D eigenvalue weighted by atomic mass is 9.89. The third-order valence-electron chi connectivity index (χ3n) is 7.75. The highest BCUT2D eigenvalue weighted by Crippen LogP contribution is 2.39. The molecule has 1 saturated heterocycles. The van der Waals surface area contributed by atoms with Crippen molar-refractivity contribution in [2.45, 2.75) is 76.5 Å². The first-order valence-corrected chi connectivity index (χ1v) is 13.4. The van der Waals surface area contributed by atoms with Crippen molar-refractivity contribution in [3.8, 4) is 11.5 Å². The third kappa shape index (κ3) is 5.56. The maximum absolute atomic E-state index is 13.5. The molecule has 0 spiro atoms. The molecule has 9 nitrogen and oxygen atoms in total. The minimum absolute atomic E-state index is 0.0666. The summed E-state index contributed by atoms with van der Waals surface area (Å²) < 4.78 is 30.2. The molecule has 2 aromatic rings. The summed E-state index contributed by atoms with van der Waals surface area (Å²) >= 11 is 0. The van der Waals surface area contributed by atoms with E-state index in [4.69, 9.17) is 19.6 Å². The zero-order valence-electron chi connectivity index (χ0n) is 22.5. The van der Waals surface area contributed by atoms with E-state index in [1.807, 2.05) is 38.1 Å². The number of halogens is 1. The van der Waals surface area contributed by atoms with Crippen molar-refractivity contribution in [1.29, 1.82) is 5.41 Å². The Morgan fingerprint density at radius 1 is 1.28 bits per heavy atom. The van der Waals surface area contributed by atoms with Crippen LogP contribution in [0.2, 0.25) is 0 Å². The Labute approximate surface area is 227 Å². The molecular formula is C29H35FN4O5. The average Bonchev–Trinajstić information content (AvgIpc) is 2.91. The number of alkyl halides is 1. The van der Waals surface area contributed by atoms with E-state index in [9.17, 15) is 14.0 Å². The van der Waals surface area contributed by atoms with Crippen LogP contribution in [0.15, 0.2) is 42.5 Å². The number of para-hydroxylation sites is 1. The molecule has 10 heteroatoms. The Morgan fingerprint density at radius 2 is 2.08 bits per heavy atom. The van der Waals surface area contributed by atoms with Crippen molar-refractivity contribution in [1.82, 2.24) is 15.5 Å². The highest BCUT2D eigenvalue weighted by molar-refractivity contribution is 6.00. The quantitative estimate of drug-likeness (QED) is 0.482. The molecule has 208 valence electrons. The van der Waals surface area contributed by atoms with E-state index < -0.39 is 24.0 Å². The first-order valence-electron chi connectivity index (χ1n) is 13.4. The molecule has 5 rings (SSSR count). The molecule has 0 bridgehead atoms. The summed E-state index contributed by atoms with van der Waals surface area (Å²) in [5.74, 6) is 0.880. The van der Waals surface area contributed by atoms with E-state index in [-0.39, 0.29) is 36.8 Å². The minimum atomic E-state index is -1.41. The van der Waals surface area contributed by atoms with Crippen molar-refractivity contribution < 1.29 is 28.2 Å². The van der Waals surface area contributed by atoms with Crippen LogP contribution in [0.25, 0.3) is 0 Å². The summed E-state index contributed by atoms with van der Waals surface area (Å²) in [5, 5.41) is 14.9.